The van der Waals surface area contributed by atoms with E-state index in [9.17, 15) is 0 Å². The lowest BCUT2D eigenvalue weighted by molar-refractivity contribution is 0.242. The molecule has 0 saturated heterocycles. The first kappa shape index (κ1) is 19.0. The second-order valence-electron chi connectivity index (χ2n) is 7.59. The maximum absolute atomic E-state index is 6.72. The van der Waals surface area contributed by atoms with Crippen LogP contribution in [0.2, 0.25) is 5.15 Å². The third kappa shape index (κ3) is 3.62. The number of hydrogen-bond donors (Lipinski definition) is 0. The predicted molar refractivity (Wildman–Crippen MR) is 119 cm³/mol. The molecule has 0 unspecified atom stereocenters. The number of aromatic nitrogens is 4. The van der Waals surface area contributed by atoms with E-state index in [1.54, 1.807) is 0 Å². The van der Waals surface area contributed by atoms with Crippen molar-refractivity contribution in [2.24, 2.45) is 0 Å². The lowest BCUT2D eigenvalue weighted by Gasteiger charge is -2.28. The van der Waals surface area contributed by atoms with Gasteiger partial charge >= 0.3 is 0 Å². The van der Waals surface area contributed by atoms with Gasteiger partial charge in [-0.2, -0.15) is 5.10 Å². The molecular weight excluding hydrogens is 394 g/mol. The maximum Gasteiger partial charge on any atom is 0.159 e. The molecule has 150 valence electrons. The van der Waals surface area contributed by atoms with Crippen LogP contribution in [-0.4, -0.2) is 31.2 Å². The van der Waals surface area contributed by atoms with Crippen LogP contribution in [0.25, 0.3) is 17.1 Å². The zero-order chi connectivity index (χ0) is 20.5. The largest absolute Gasteiger partial charge is 0.294 e. The van der Waals surface area contributed by atoms with Gasteiger partial charge in [-0.3, -0.25) is 4.90 Å². The Morgan fingerprint density at radius 2 is 1.73 bits per heavy atom. The summed E-state index contributed by atoms with van der Waals surface area (Å²) in [6.45, 7) is 4.53. The van der Waals surface area contributed by atoms with Crippen molar-refractivity contribution in [1.29, 1.82) is 0 Å². The van der Waals surface area contributed by atoms with Gasteiger partial charge in [-0.05, 0) is 19.1 Å². The van der Waals surface area contributed by atoms with Gasteiger partial charge < -0.3 is 0 Å². The lowest BCUT2D eigenvalue weighted by atomic mass is 10.1. The summed E-state index contributed by atoms with van der Waals surface area (Å²) in [4.78, 5) is 11.8. The Morgan fingerprint density at radius 3 is 2.50 bits per heavy atom. The minimum absolute atomic E-state index is 0.681. The zero-order valence-corrected chi connectivity index (χ0v) is 17.5. The molecule has 1 aliphatic heterocycles. The molecule has 5 nitrogen and oxygen atoms in total. The summed E-state index contributed by atoms with van der Waals surface area (Å²) in [6.07, 6.45) is 2.87. The number of benzene rings is 2. The van der Waals surface area contributed by atoms with E-state index in [0.29, 0.717) is 5.15 Å². The monoisotopic (exact) mass is 415 g/mol. The molecule has 1 aliphatic rings. The SMILES string of the molecule is Cc1nn(-c2ccccc2)c(Cl)c1CN1CCc2nc(-c3ccccc3)ncc2C1. The van der Waals surface area contributed by atoms with Crippen molar-refractivity contribution in [3.8, 4) is 17.1 Å². The van der Waals surface area contributed by atoms with Crippen LogP contribution in [0.15, 0.2) is 66.9 Å². The normalized spacial score (nSPS) is 13.9. The second kappa shape index (κ2) is 8.01. The Hall–Kier alpha value is -3.02. The first-order valence-corrected chi connectivity index (χ1v) is 10.5. The van der Waals surface area contributed by atoms with E-state index in [4.69, 9.17) is 16.6 Å². The molecule has 0 aliphatic carbocycles. The highest BCUT2D eigenvalue weighted by molar-refractivity contribution is 6.30. The fourth-order valence-electron chi connectivity index (χ4n) is 3.91. The van der Waals surface area contributed by atoms with Crippen molar-refractivity contribution >= 4 is 11.6 Å². The van der Waals surface area contributed by atoms with Crippen molar-refractivity contribution in [3.63, 3.8) is 0 Å². The van der Waals surface area contributed by atoms with E-state index >= 15 is 0 Å². The van der Waals surface area contributed by atoms with E-state index in [1.807, 2.05) is 78.5 Å². The highest BCUT2D eigenvalue weighted by Crippen LogP contribution is 2.27. The van der Waals surface area contributed by atoms with E-state index < -0.39 is 0 Å². The van der Waals surface area contributed by atoms with Crippen LogP contribution in [0.1, 0.15) is 22.5 Å². The summed E-state index contributed by atoms with van der Waals surface area (Å²) in [5, 5.41) is 5.35. The van der Waals surface area contributed by atoms with Gasteiger partial charge in [-0.1, -0.05) is 60.1 Å². The summed E-state index contributed by atoms with van der Waals surface area (Å²) in [6, 6.07) is 20.1. The van der Waals surface area contributed by atoms with Crippen molar-refractivity contribution in [2.45, 2.75) is 26.4 Å². The van der Waals surface area contributed by atoms with Gasteiger partial charge in [0, 0.05) is 48.9 Å². The van der Waals surface area contributed by atoms with Gasteiger partial charge in [0.1, 0.15) is 5.15 Å². The Bertz CT molecular complexity index is 1170. The van der Waals surface area contributed by atoms with Crippen molar-refractivity contribution in [2.75, 3.05) is 6.54 Å². The molecule has 6 heteroatoms. The first-order valence-electron chi connectivity index (χ1n) is 10.1. The highest BCUT2D eigenvalue weighted by Gasteiger charge is 2.22. The van der Waals surface area contributed by atoms with Gasteiger partial charge in [0.15, 0.2) is 5.82 Å². The van der Waals surface area contributed by atoms with Crippen LogP contribution in [0, 0.1) is 6.92 Å². The molecule has 5 rings (SSSR count). The summed E-state index contributed by atoms with van der Waals surface area (Å²) in [7, 11) is 0. The summed E-state index contributed by atoms with van der Waals surface area (Å²) in [5.41, 5.74) is 6.39. The molecule has 0 atom stereocenters. The fourth-order valence-corrected chi connectivity index (χ4v) is 4.24. The number of rotatable bonds is 4. The number of halogens is 1. The average molecular weight is 416 g/mol. The Morgan fingerprint density at radius 1 is 1.00 bits per heavy atom. The predicted octanol–water partition coefficient (Wildman–Crippen LogP) is 4.85. The third-order valence-corrected chi connectivity index (χ3v) is 5.94. The molecule has 0 fully saturated rings. The molecule has 2 aromatic carbocycles. The van der Waals surface area contributed by atoms with Crippen LogP contribution in [-0.2, 0) is 19.5 Å². The minimum atomic E-state index is 0.681. The zero-order valence-electron chi connectivity index (χ0n) is 16.8. The Kier molecular flexibility index (Phi) is 5.07. The van der Waals surface area contributed by atoms with Gasteiger partial charge in [-0.25, -0.2) is 14.6 Å². The van der Waals surface area contributed by atoms with Crippen LogP contribution in [0.3, 0.4) is 0 Å². The van der Waals surface area contributed by atoms with Gasteiger partial charge in [-0.15, -0.1) is 0 Å². The number of aryl methyl sites for hydroxylation is 1. The van der Waals surface area contributed by atoms with E-state index in [2.05, 4.69) is 15.0 Å². The molecule has 2 aromatic heterocycles. The summed E-state index contributed by atoms with van der Waals surface area (Å²) in [5.74, 6) is 0.797. The number of hydrogen-bond acceptors (Lipinski definition) is 4. The van der Waals surface area contributed by atoms with Crippen molar-refractivity contribution in [3.05, 3.63) is 94.5 Å². The average Bonchev–Trinajstić information content (AvgIpc) is 3.08. The molecule has 0 radical (unpaired) electrons. The second-order valence-corrected chi connectivity index (χ2v) is 7.95. The molecule has 0 spiro atoms. The smallest absolute Gasteiger partial charge is 0.159 e. The van der Waals surface area contributed by atoms with E-state index in [-0.39, 0.29) is 0 Å². The lowest BCUT2D eigenvalue weighted by Crippen LogP contribution is -2.31. The molecule has 0 bridgehead atoms. The minimum Gasteiger partial charge on any atom is -0.294 e. The Labute approximate surface area is 181 Å². The van der Waals surface area contributed by atoms with Crippen LogP contribution >= 0.6 is 11.6 Å². The fraction of sp³-hybridized carbons (Fsp3) is 0.208. The quantitative estimate of drug-likeness (QED) is 0.478. The Balaban J connectivity index is 1.36. The topological polar surface area (TPSA) is 46.8 Å². The van der Waals surface area contributed by atoms with Crippen molar-refractivity contribution < 1.29 is 0 Å². The van der Waals surface area contributed by atoms with Gasteiger partial charge in [0.25, 0.3) is 0 Å². The number of fused-ring (bicyclic) bond motifs is 1. The van der Waals surface area contributed by atoms with Crippen LogP contribution in [0.5, 0.6) is 0 Å². The van der Waals surface area contributed by atoms with Crippen molar-refractivity contribution in [1.82, 2.24) is 24.6 Å². The number of nitrogens with zero attached hydrogens (tertiary/aromatic N) is 5. The molecule has 4 aromatic rings. The number of para-hydroxylation sites is 1. The molecule has 0 saturated carbocycles. The maximum atomic E-state index is 6.72. The summed E-state index contributed by atoms with van der Waals surface area (Å²) < 4.78 is 1.82. The third-order valence-electron chi connectivity index (χ3n) is 5.55. The standard InChI is InChI=1S/C24H22ClN5/c1-17-21(23(25)30(28-17)20-10-6-3-7-11-20)16-29-13-12-22-19(15-29)14-26-24(27-22)18-8-4-2-5-9-18/h2-11,14H,12-13,15-16H2,1H3. The molecule has 0 N–H and O–H groups in total. The first-order chi connectivity index (χ1) is 14.7. The molecule has 30 heavy (non-hydrogen) atoms. The van der Waals surface area contributed by atoms with Crippen LogP contribution in [0.4, 0.5) is 0 Å². The summed E-state index contributed by atoms with van der Waals surface area (Å²) >= 11 is 6.72. The van der Waals surface area contributed by atoms with Gasteiger partial charge in [0.2, 0.25) is 0 Å². The highest BCUT2D eigenvalue weighted by atomic mass is 35.5. The molecule has 3 heterocycles. The van der Waals surface area contributed by atoms with Crippen LogP contribution < -0.4 is 0 Å². The molecule has 0 amide bonds. The van der Waals surface area contributed by atoms with Gasteiger partial charge in [0.05, 0.1) is 17.1 Å². The van der Waals surface area contributed by atoms with E-state index in [1.165, 1.54) is 5.56 Å². The molecular formula is C24H22ClN5. The van der Waals surface area contributed by atoms with E-state index in [0.717, 1.165) is 60.1 Å².